The monoisotopic (exact) mass is 738 g/mol. The zero-order valence-corrected chi connectivity index (χ0v) is 22.8. The van der Waals surface area contributed by atoms with Crippen molar-refractivity contribution in [2.45, 2.75) is 39.6 Å². The maximum atomic E-state index is 6.02. The minimum Gasteiger partial charge on any atom is -0.372 e. The first-order valence-corrected chi connectivity index (χ1v) is 12.9. The summed E-state index contributed by atoms with van der Waals surface area (Å²) in [6.07, 6.45) is 0. The lowest BCUT2D eigenvalue weighted by Gasteiger charge is -2.13. The maximum absolute atomic E-state index is 6.02. The molecule has 6 heteroatoms. The summed E-state index contributed by atoms with van der Waals surface area (Å²) in [6, 6.07) is 19.6. The highest BCUT2D eigenvalue weighted by atomic mass is 127. The summed E-state index contributed by atoms with van der Waals surface area (Å²) < 4.78 is 21.7. The van der Waals surface area contributed by atoms with Crippen LogP contribution in [0.2, 0.25) is 0 Å². The molecule has 6 bridgehead atoms. The molecule has 0 fully saturated rings. The van der Waals surface area contributed by atoms with Gasteiger partial charge < -0.3 is 14.2 Å². The standard InChI is InChI=1S/C24H21I3O3/c25-22-4-16-1-17(5-22)11-29-13-19-3-21(9-24(27)7-19)15-30-14-20-2-18(12-28-10-16)6-23(26)8-20/h1-9H,10-15H2. The molecule has 4 rings (SSSR count). The van der Waals surface area contributed by atoms with Gasteiger partial charge in [-0.2, -0.15) is 0 Å². The van der Waals surface area contributed by atoms with Gasteiger partial charge in [-0.1, -0.05) is 18.2 Å². The van der Waals surface area contributed by atoms with E-state index in [9.17, 15) is 0 Å². The second kappa shape index (κ2) is 11.0. The predicted octanol–water partition coefficient (Wildman–Crippen LogP) is 6.96. The zero-order chi connectivity index (χ0) is 20.9. The second-order valence-electron chi connectivity index (χ2n) is 7.38. The van der Waals surface area contributed by atoms with Crippen LogP contribution in [0.25, 0.3) is 0 Å². The Morgan fingerprint density at radius 2 is 0.567 bits per heavy atom. The fraction of sp³-hybridized carbons (Fsp3) is 0.250. The quantitative estimate of drug-likeness (QED) is 0.234. The third-order valence-electron chi connectivity index (χ3n) is 4.66. The van der Waals surface area contributed by atoms with Gasteiger partial charge in [-0.15, -0.1) is 0 Å². The van der Waals surface area contributed by atoms with Crippen LogP contribution >= 0.6 is 67.8 Å². The van der Waals surface area contributed by atoms with E-state index in [0.717, 1.165) is 0 Å². The summed E-state index contributed by atoms with van der Waals surface area (Å²) in [4.78, 5) is 0. The molecule has 1 heterocycles. The van der Waals surface area contributed by atoms with Crippen LogP contribution in [0.1, 0.15) is 33.4 Å². The van der Waals surface area contributed by atoms with Crippen LogP contribution in [0.3, 0.4) is 0 Å². The SMILES string of the molecule is Ic1cc2cc(c1)COCc1cc(I)cc(c1)COCc1cc(I)cc(c1)COC2. The Bertz CT molecular complexity index is 838. The second-order valence-corrected chi connectivity index (χ2v) is 11.1. The van der Waals surface area contributed by atoms with Gasteiger partial charge in [0.1, 0.15) is 0 Å². The van der Waals surface area contributed by atoms with Crippen molar-refractivity contribution in [3.8, 4) is 0 Å². The number of ether oxygens (including phenoxy) is 3. The summed E-state index contributed by atoms with van der Waals surface area (Å²) in [7, 11) is 0. The Balaban J connectivity index is 1.61. The van der Waals surface area contributed by atoms with E-state index in [1.54, 1.807) is 0 Å². The van der Waals surface area contributed by atoms with Crippen LogP contribution in [0, 0.1) is 10.7 Å². The minimum atomic E-state index is 0.585. The zero-order valence-electron chi connectivity index (χ0n) is 16.3. The lowest BCUT2D eigenvalue weighted by molar-refractivity contribution is 0.0992. The predicted molar refractivity (Wildman–Crippen MR) is 143 cm³/mol. The van der Waals surface area contributed by atoms with Crippen LogP contribution in [0.4, 0.5) is 0 Å². The summed E-state index contributed by atoms with van der Waals surface area (Å²) in [5.41, 5.74) is 7.04. The number of benzene rings is 3. The molecule has 156 valence electrons. The van der Waals surface area contributed by atoms with Crippen LogP contribution in [0.15, 0.2) is 54.6 Å². The molecule has 3 aromatic rings. The van der Waals surface area contributed by atoms with Crippen molar-refractivity contribution in [1.82, 2.24) is 0 Å². The summed E-state index contributed by atoms with van der Waals surface area (Å²) in [5, 5.41) is 0. The van der Waals surface area contributed by atoms with Gasteiger partial charge in [-0.05, 0) is 138 Å². The molecule has 0 saturated carbocycles. The first kappa shape index (κ1) is 22.9. The van der Waals surface area contributed by atoms with E-state index < -0.39 is 0 Å². The molecule has 0 radical (unpaired) electrons. The van der Waals surface area contributed by atoms with Gasteiger partial charge >= 0.3 is 0 Å². The number of fused-ring (bicyclic) bond motifs is 6. The molecule has 1 aliphatic rings. The lowest BCUT2D eigenvalue weighted by Crippen LogP contribution is -2.02. The average molecular weight is 738 g/mol. The molecule has 0 saturated heterocycles. The van der Waals surface area contributed by atoms with Crippen molar-refractivity contribution in [3.63, 3.8) is 0 Å². The van der Waals surface area contributed by atoms with Crippen molar-refractivity contribution in [2.24, 2.45) is 0 Å². The van der Waals surface area contributed by atoms with Gasteiger partial charge in [0.15, 0.2) is 0 Å². The van der Waals surface area contributed by atoms with E-state index in [-0.39, 0.29) is 0 Å². The number of halogens is 3. The minimum absolute atomic E-state index is 0.585. The molecule has 0 amide bonds. The third kappa shape index (κ3) is 6.86. The third-order valence-corrected chi connectivity index (χ3v) is 6.53. The fourth-order valence-electron chi connectivity index (χ4n) is 3.51. The first-order valence-electron chi connectivity index (χ1n) is 9.62. The smallest absolute Gasteiger partial charge is 0.0721 e. The molecule has 3 aromatic carbocycles. The van der Waals surface area contributed by atoms with Crippen LogP contribution in [-0.4, -0.2) is 0 Å². The molecule has 0 N–H and O–H groups in total. The average Bonchev–Trinajstić information content (AvgIpc) is 2.66. The summed E-state index contributed by atoms with van der Waals surface area (Å²) in [5.74, 6) is 0. The van der Waals surface area contributed by atoms with Crippen molar-refractivity contribution in [1.29, 1.82) is 0 Å². The molecule has 0 aromatic heterocycles. The molecule has 30 heavy (non-hydrogen) atoms. The molecule has 1 aliphatic heterocycles. The van der Waals surface area contributed by atoms with E-state index in [1.807, 2.05) is 0 Å². The number of hydrogen-bond acceptors (Lipinski definition) is 3. The van der Waals surface area contributed by atoms with Gasteiger partial charge in [-0.3, -0.25) is 0 Å². The summed E-state index contributed by atoms with van der Waals surface area (Å²) >= 11 is 7.08. The summed E-state index contributed by atoms with van der Waals surface area (Å²) in [6.45, 7) is 3.51. The Morgan fingerprint density at radius 3 is 0.767 bits per heavy atom. The molecule has 0 atom stereocenters. The van der Waals surface area contributed by atoms with Gasteiger partial charge in [0.25, 0.3) is 0 Å². The van der Waals surface area contributed by atoms with E-state index >= 15 is 0 Å². The largest absolute Gasteiger partial charge is 0.372 e. The van der Waals surface area contributed by atoms with Crippen molar-refractivity contribution in [2.75, 3.05) is 0 Å². The highest BCUT2D eigenvalue weighted by Gasteiger charge is 2.07. The van der Waals surface area contributed by atoms with E-state index in [1.165, 1.54) is 44.1 Å². The number of rotatable bonds is 0. The normalized spacial score (nSPS) is 15.3. The first-order chi connectivity index (χ1) is 14.5. The van der Waals surface area contributed by atoms with Crippen molar-refractivity contribution in [3.05, 3.63) is 98.7 Å². The highest BCUT2D eigenvalue weighted by Crippen LogP contribution is 2.20. The van der Waals surface area contributed by atoms with Gasteiger partial charge in [0, 0.05) is 10.7 Å². The number of hydrogen-bond donors (Lipinski definition) is 0. The molecule has 3 nitrogen and oxygen atoms in total. The van der Waals surface area contributed by atoms with Crippen molar-refractivity contribution < 1.29 is 14.2 Å². The molecular formula is C24H21I3O3. The van der Waals surface area contributed by atoms with E-state index in [2.05, 4.69) is 122 Å². The van der Waals surface area contributed by atoms with E-state index in [0.29, 0.717) is 39.6 Å². The van der Waals surface area contributed by atoms with Crippen LogP contribution in [0.5, 0.6) is 0 Å². The lowest BCUT2D eigenvalue weighted by atomic mass is 10.1. The van der Waals surface area contributed by atoms with Gasteiger partial charge in [0.2, 0.25) is 0 Å². The topological polar surface area (TPSA) is 27.7 Å². The van der Waals surface area contributed by atoms with E-state index in [4.69, 9.17) is 14.2 Å². The maximum Gasteiger partial charge on any atom is 0.0721 e. The molecule has 0 unspecified atom stereocenters. The Morgan fingerprint density at radius 1 is 0.367 bits per heavy atom. The Labute approximate surface area is 218 Å². The van der Waals surface area contributed by atoms with Crippen LogP contribution < -0.4 is 0 Å². The molecule has 0 aliphatic carbocycles. The highest BCUT2D eigenvalue weighted by molar-refractivity contribution is 14.1. The van der Waals surface area contributed by atoms with Gasteiger partial charge in [-0.25, -0.2) is 0 Å². The van der Waals surface area contributed by atoms with Crippen molar-refractivity contribution >= 4 is 67.8 Å². The molecular weight excluding hydrogens is 717 g/mol. The van der Waals surface area contributed by atoms with Crippen LogP contribution in [-0.2, 0) is 53.9 Å². The van der Waals surface area contributed by atoms with Gasteiger partial charge in [0.05, 0.1) is 39.6 Å². The Hall–Kier alpha value is -0.270. The fourth-order valence-corrected chi connectivity index (χ4v) is 5.91. The Kier molecular flexibility index (Phi) is 8.43. The molecule has 0 spiro atoms.